The van der Waals surface area contributed by atoms with E-state index in [0.29, 0.717) is 22.4 Å². The van der Waals surface area contributed by atoms with Crippen LogP contribution in [0.2, 0.25) is 0 Å². The molecule has 8 nitrogen and oxygen atoms in total. The topological polar surface area (TPSA) is 96.6 Å². The molecule has 2 aliphatic rings. The van der Waals surface area contributed by atoms with Crippen LogP contribution in [0.25, 0.3) is 11.1 Å². The van der Waals surface area contributed by atoms with E-state index in [1.807, 2.05) is 18.2 Å². The molecule has 0 unspecified atom stereocenters. The van der Waals surface area contributed by atoms with Crippen molar-refractivity contribution in [1.82, 2.24) is 14.8 Å². The number of hydrogen-bond donors (Lipinski definition) is 2. The molecular formula is C24H26N4O4. The molecule has 0 aliphatic carbocycles. The van der Waals surface area contributed by atoms with Crippen molar-refractivity contribution in [2.24, 2.45) is 0 Å². The third-order valence-electron chi connectivity index (χ3n) is 6.28. The maximum Gasteiger partial charge on any atom is 0.420 e. The molecule has 166 valence electrons. The van der Waals surface area contributed by atoms with Gasteiger partial charge >= 0.3 is 5.76 Å². The van der Waals surface area contributed by atoms with Gasteiger partial charge in [-0.1, -0.05) is 6.07 Å². The quantitative estimate of drug-likeness (QED) is 0.658. The fraction of sp³-hybridized carbons (Fsp3) is 0.375. The number of hydrogen-bond acceptors (Lipinski definition) is 5. The van der Waals surface area contributed by atoms with E-state index in [2.05, 4.69) is 10.6 Å². The van der Waals surface area contributed by atoms with E-state index in [1.165, 1.54) is 15.7 Å². The fourth-order valence-electron chi connectivity index (χ4n) is 4.49. The zero-order valence-corrected chi connectivity index (χ0v) is 17.9. The molecule has 5 rings (SSSR count). The molecule has 2 aliphatic heterocycles. The summed E-state index contributed by atoms with van der Waals surface area (Å²) in [5.74, 6) is -0.878. The first kappa shape index (κ1) is 20.5. The second-order valence-electron chi connectivity index (χ2n) is 8.44. The number of oxazole rings is 1. The van der Waals surface area contributed by atoms with Crippen molar-refractivity contribution in [2.45, 2.75) is 38.8 Å². The Balaban J connectivity index is 1.37. The molecule has 1 saturated heterocycles. The SMILES string of the molecule is O=C(Nc1ccc2oc(=O)n(CC(=O)N3CCCCC3)c2c1)c1ccc2c(c1)CCNC2. The first-order valence-corrected chi connectivity index (χ1v) is 11.1. The number of piperidine rings is 1. The second kappa shape index (κ2) is 8.63. The van der Waals surface area contributed by atoms with E-state index >= 15 is 0 Å². The summed E-state index contributed by atoms with van der Waals surface area (Å²) >= 11 is 0. The second-order valence-corrected chi connectivity index (χ2v) is 8.44. The van der Waals surface area contributed by atoms with Gasteiger partial charge < -0.3 is 20.0 Å². The van der Waals surface area contributed by atoms with E-state index in [9.17, 15) is 14.4 Å². The maximum atomic E-state index is 12.8. The minimum Gasteiger partial charge on any atom is -0.408 e. The van der Waals surface area contributed by atoms with Crippen LogP contribution in [0.1, 0.15) is 40.7 Å². The molecule has 1 aromatic heterocycles. The number of benzene rings is 2. The zero-order valence-electron chi connectivity index (χ0n) is 17.9. The van der Waals surface area contributed by atoms with Crippen LogP contribution in [-0.2, 0) is 24.3 Å². The molecule has 3 heterocycles. The number of nitrogens with one attached hydrogen (secondary N) is 2. The predicted molar refractivity (Wildman–Crippen MR) is 121 cm³/mol. The van der Waals surface area contributed by atoms with Gasteiger partial charge in [0.2, 0.25) is 5.91 Å². The smallest absolute Gasteiger partial charge is 0.408 e. The molecule has 2 amide bonds. The lowest BCUT2D eigenvalue weighted by molar-refractivity contribution is -0.132. The first-order valence-electron chi connectivity index (χ1n) is 11.1. The molecule has 3 aromatic rings. The largest absolute Gasteiger partial charge is 0.420 e. The number of rotatable bonds is 4. The lowest BCUT2D eigenvalue weighted by Crippen LogP contribution is -2.39. The summed E-state index contributed by atoms with van der Waals surface area (Å²) in [5.41, 5.74) is 4.43. The number of carbonyl (C=O) groups excluding carboxylic acids is 2. The summed E-state index contributed by atoms with van der Waals surface area (Å²) in [6, 6.07) is 10.8. The van der Waals surface area contributed by atoms with Crippen LogP contribution >= 0.6 is 0 Å². The van der Waals surface area contributed by atoms with Gasteiger partial charge in [-0.3, -0.25) is 14.2 Å². The van der Waals surface area contributed by atoms with Crippen molar-refractivity contribution < 1.29 is 14.0 Å². The Bertz CT molecular complexity index is 1240. The highest BCUT2D eigenvalue weighted by molar-refractivity contribution is 6.05. The summed E-state index contributed by atoms with van der Waals surface area (Å²) in [6.07, 6.45) is 4.00. The van der Waals surface area contributed by atoms with Crippen LogP contribution in [0.5, 0.6) is 0 Å². The molecule has 2 N–H and O–H groups in total. The number of amides is 2. The van der Waals surface area contributed by atoms with Crippen molar-refractivity contribution in [2.75, 3.05) is 25.0 Å². The van der Waals surface area contributed by atoms with Crippen molar-refractivity contribution >= 4 is 28.6 Å². The van der Waals surface area contributed by atoms with E-state index in [-0.39, 0.29) is 18.4 Å². The van der Waals surface area contributed by atoms with E-state index < -0.39 is 5.76 Å². The summed E-state index contributed by atoms with van der Waals surface area (Å²) in [7, 11) is 0. The summed E-state index contributed by atoms with van der Waals surface area (Å²) < 4.78 is 6.65. The van der Waals surface area contributed by atoms with Gasteiger partial charge in [0.1, 0.15) is 6.54 Å². The van der Waals surface area contributed by atoms with E-state index in [1.54, 1.807) is 23.1 Å². The number of carbonyl (C=O) groups is 2. The number of likely N-dealkylation sites (tertiary alicyclic amines) is 1. The number of anilines is 1. The highest BCUT2D eigenvalue weighted by Gasteiger charge is 2.20. The molecule has 0 saturated carbocycles. The molecule has 1 fully saturated rings. The first-order chi connectivity index (χ1) is 15.6. The van der Waals surface area contributed by atoms with Crippen molar-refractivity contribution in [3.05, 3.63) is 63.6 Å². The van der Waals surface area contributed by atoms with E-state index in [0.717, 1.165) is 51.9 Å². The lowest BCUT2D eigenvalue weighted by Gasteiger charge is -2.26. The third kappa shape index (κ3) is 4.05. The summed E-state index contributed by atoms with van der Waals surface area (Å²) in [5, 5.41) is 6.23. The molecule has 2 aromatic carbocycles. The van der Waals surface area contributed by atoms with Gasteiger partial charge in [-0.25, -0.2) is 4.79 Å². The minimum atomic E-state index is -0.572. The minimum absolute atomic E-state index is 0.0674. The van der Waals surface area contributed by atoms with Crippen molar-refractivity contribution in [3.63, 3.8) is 0 Å². The Morgan fingerprint density at radius 3 is 2.72 bits per heavy atom. The Hall–Kier alpha value is -3.39. The van der Waals surface area contributed by atoms with Crippen LogP contribution in [0.15, 0.2) is 45.6 Å². The lowest BCUT2D eigenvalue weighted by atomic mass is 9.98. The molecule has 0 atom stereocenters. The molecule has 8 heteroatoms. The van der Waals surface area contributed by atoms with Crippen LogP contribution in [0, 0.1) is 0 Å². The highest BCUT2D eigenvalue weighted by atomic mass is 16.4. The Morgan fingerprint density at radius 2 is 1.88 bits per heavy atom. The van der Waals surface area contributed by atoms with Gasteiger partial charge in [-0.15, -0.1) is 0 Å². The van der Waals surface area contributed by atoms with E-state index in [4.69, 9.17) is 4.42 Å². The van der Waals surface area contributed by atoms with Crippen LogP contribution in [-0.4, -0.2) is 40.9 Å². The Labute approximate surface area is 185 Å². The van der Waals surface area contributed by atoms with Crippen molar-refractivity contribution in [1.29, 1.82) is 0 Å². The molecule has 32 heavy (non-hydrogen) atoms. The molecule has 0 spiro atoms. The maximum absolute atomic E-state index is 12.8. The average molecular weight is 434 g/mol. The van der Waals surface area contributed by atoms with Crippen molar-refractivity contribution in [3.8, 4) is 0 Å². The summed E-state index contributed by atoms with van der Waals surface area (Å²) in [4.78, 5) is 39.7. The average Bonchev–Trinajstić information content (AvgIpc) is 3.13. The van der Waals surface area contributed by atoms with Gasteiger partial charge in [0.05, 0.1) is 5.52 Å². The normalized spacial score (nSPS) is 16.1. The molecule has 0 bridgehead atoms. The Morgan fingerprint density at radius 1 is 1.03 bits per heavy atom. The van der Waals surface area contributed by atoms with Gasteiger partial charge in [0, 0.05) is 30.9 Å². The number of fused-ring (bicyclic) bond motifs is 2. The monoisotopic (exact) mass is 434 g/mol. The van der Waals surface area contributed by atoms with Gasteiger partial charge in [0.25, 0.3) is 5.91 Å². The fourth-order valence-corrected chi connectivity index (χ4v) is 4.49. The predicted octanol–water partition coefficient (Wildman–Crippen LogP) is 2.50. The number of aromatic nitrogens is 1. The van der Waals surface area contributed by atoms with Crippen LogP contribution in [0.3, 0.4) is 0 Å². The summed E-state index contributed by atoms with van der Waals surface area (Å²) in [6.45, 7) is 3.11. The zero-order chi connectivity index (χ0) is 22.1. The van der Waals surface area contributed by atoms with Gasteiger partial charge in [-0.05, 0) is 73.7 Å². The standard InChI is InChI=1S/C24H26N4O4/c29-22(27-10-2-1-3-11-27)15-28-20-13-19(6-7-21(20)32-24(28)31)26-23(30)17-4-5-18-14-25-9-8-16(18)12-17/h4-7,12-13,25H,1-3,8-11,14-15H2,(H,26,30). The molecule has 0 radical (unpaired) electrons. The Kier molecular flexibility index (Phi) is 5.53. The van der Waals surface area contributed by atoms with Crippen LogP contribution in [0.4, 0.5) is 5.69 Å². The van der Waals surface area contributed by atoms with Gasteiger partial charge in [-0.2, -0.15) is 0 Å². The third-order valence-corrected chi connectivity index (χ3v) is 6.28. The van der Waals surface area contributed by atoms with Crippen LogP contribution < -0.4 is 16.4 Å². The van der Waals surface area contributed by atoms with Gasteiger partial charge in [0.15, 0.2) is 5.58 Å². The number of nitrogens with zero attached hydrogens (tertiary/aromatic N) is 2. The highest BCUT2D eigenvalue weighted by Crippen LogP contribution is 2.21. The molecular weight excluding hydrogens is 408 g/mol.